The summed E-state index contributed by atoms with van der Waals surface area (Å²) in [5.41, 5.74) is 5.06. The van der Waals surface area contributed by atoms with Crippen LogP contribution in [0, 0.1) is 0 Å². The van der Waals surface area contributed by atoms with Crippen LogP contribution in [0.15, 0.2) is 41.3 Å². The molecule has 0 radical (unpaired) electrons. The number of aryl methyl sites for hydroxylation is 1. The van der Waals surface area contributed by atoms with Gasteiger partial charge in [0.05, 0.1) is 10.6 Å². The Morgan fingerprint density at radius 1 is 0.857 bits per heavy atom. The second-order valence-corrected chi connectivity index (χ2v) is 10.6. The zero-order chi connectivity index (χ0) is 20.6. The molecule has 2 aromatic carbocycles. The second kappa shape index (κ2) is 7.90. The zero-order valence-corrected chi connectivity index (χ0v) is 18.8. The minimum Gasteiger partial charge on any atom is -0.266 e. The topological polar surface area (TPSA) is 37.4 Å². The van der Waals surface area contributed by atoms with Crippen LogP contribution in [0.1, 0.15) is 88.0 Å². The number of benzene rings is 2. The number of anilines is 1. The van der Waals surface area contributed by atoms with Gasteiger partial charge in [0.15, 0.2) is 0 Å². The van der Waals surface area contributed by atoms with Crippen LogP contribution < -0.4 is 4.31 Å². The molecule has 0 spiro atoms. The van der Waals surface area contributed by atoms with Crippen molar-refractivity contribution in [3.05, 3.63) is 58.7 Å². The van der Waals surface area contributed by atoms with E-state index in [1.807, 2.05) is 24.3 Å². The molecule has 0 saturated heterocycles. The standard InChI is InChI=1S/C24H33NO2S/c1-16(2)20-14-21(17(3)4)24(22(15-20)18(5)6)28(26,27)25-13-9-11-19-10-7-8-12-23(19)25/h7-8,10,12,14-18H,9,11,13H2,1-6H3. The predicted molar refractivity (Wildman–Crippen MR) is 118 cm³/mol. The molecule has 0 atom stereocenters. The van der Waals surface area contributed by atoms with Gasteiger partial charge in [0, 0.05) is 6.54 Å². The van der Waals surface area contributed by atoms with E-state index in [1.54, 1.807) is 4.31 Å². The van der Waals surface area contributed by atoms with Crippen LogP contribution in [-0.2, 0) is 16.4 Å². The van der Waals surface area contributed by atoms with E-state index in [0.29, 0.717) is 17.4 Å². The molecule has 0 aromatic heterocycles. The lowest BCUT2D eigenvalue weighted by molar-refractivity contribution is 0.581. The zero-order valence-electron chi connectivity index (χ0n) is 18.0. The highest BCUT2D eigenvalue weighted by atomic mass is 32.2. The van der Waals surface area contributed by atoms with Crippen molar-refractivity contribution in [1.29, 1.82) is 0 Å². The van der Waals surface area contributed by atoms with Crippen LogP contribution in [0.3, 0.4) is 0 Å². The average molecular weight is 400 g/mol. The van der Waals surface area contributed by atoms with Gasteiger partial charge in [0.25, 0.3) is 10.0 Å². The van der Waals surface area contributed by atoms with E-state index in [0.717, 1.165) is 35.2 Å². The Kier molecular flexibility index (Phi) is 5.90. The highest BCUT2D eigenvalue weighted by molar-refractivity contribution is 7.93. The van der Waals surface area contributed by atoms with Crippen LogP contribution in [0.4, 0.5) is 5.69 Å². The minimum atomic E-state index is -3.64. The number of sulfonamides is 1. The van der Waals surface area contributed by atoms with Crippen LogP contribution in [0.5, 0.6) is 0 Å². The quantitative estimate of drug-likeness (QED) is 0.600. The number of para-hydroxylation sites is 1. The Morgan fingerprint density at radius 2 is 1.43 bits per heavy atom. The summed E-state index contributed by atoms with van der Waals surface area (Å²) in [4.78, 5) is 0.526. The molecule has 0 N–H and O–H groups in total. The molecule has 1 aliphatic rings. The van der Waals surface area contributed by atoms with Gasteiger partial charge in [-0.05, 0) is 58.9 Å². The second-order valence-electron chi connectivity index (χ2n) is 8.80. The van der Waals surface area contributed by atoms with Gasteiger partial charge in [-0.25, -0.2) is 8.42 Å². The molecule has 152 valence electrons. The molecule has 3 nitrogen and oxygen atoms in total. The fraction of sp³-hybridized carbons (Fsp3) is 0.500. The van der Waals surface area contributed by atoms with E-state index in [4.69, 9.17) is 0 Å². The van der Waals surface area contributed by atoms with Gasteiger partial charge in [-0.1, -0.05) is 71.9 Å². The molecule has 0 saturated carbocycles. The lowest BCUT2D eigenvalue weighted by Crippen LogP contribution is -2.36. The van der Waals surface area contributed by atoms with Gasteiger partial charge in [0.2, 0.25) is 0 Å². The predicted octanol–water partition coefficient (Wildman–Crippen LogP) is 6.20. The van der Waals surface area contributed by atoms with Crippen molar-refractivity contribution in [2.75, 3.05) is 10.8 Å². The smallest absolute Gasteiger partial charge is 0.264 e. The maximum atomic E-state index is 14.0. The van der Waals surface area contributed by atoms with Gasteiger partial charge < -0.3 is 0 Å². The van der Waals surface area contributed by atoms with Crippen molar-refractivity contribution < 1.29 is 8.42 Å². The van der Waals surface area contributed by atoms with Crippen molar-refractivity contribution in [3.8, 4) is 0 Å². The first-order chi connectivity index (χ1) is 13.1. The Balaban J connectivity index is 2.28. The Labute approximate surface area is 170 Å². The minimum absolute atomic E-state index is 0.140. The molecule has 1 aliphatic heterocycles. The third kappa shape index (κ3) is 3.71. The molecule has 0 unspecified atom stereocenters. The summed E-state index contributed by atoms with van der Waals surface area (Å²) in [7, 11) is -3.64. The third-order valence-electron chi connectivity index (χ3n) is 5.70. The van der Waals surface area contributed by atoms with Crippen LogP contribution in [0.25, 0.3) is 0 Å². The molecule has 0 aliphatic carbocycles. The van der Waals surface area contributed by atoms with Crippen LogP contribution in [-0.4, -0.2) is 15.0 Å². The van der Waals surface area contributed by atoms with E-state index in [9.17, 15) is 8.42 Å². The average Bonchev–Trinajstić information content (AvgIpc) is 2.66. The molecule has 28 heavy (non-hydrogen) atoms. The van der Waals surface area contributed by atoms with Crippen molar-refractivity contribution in [2.45, 2.75) is 77.0 Å². The molecule has 1 heterocycles. The van der Waals surface area contributed by atoms with E-state index >= 15 is 0 Å². The maximum Gasteiger partial charge on any atom is 0.264 e. The number of fused-ring (bicyclic) bond motifs is 1. The molecule has 2 aromatic rings. The Hall–Kier alpha value is -1.81. The molecule has 0 fully saturated rings. The first-order valence-electron chi connectivity index (χ1n) is 10.4. The monoisotopic (exact) mass is 399 g/mol. The Morgan fingerprint density at radius 3 is 1.96 bits per heavy atom. The number of hydrogen-bond acceptors (Lipinski definition) is 2. The molecule has 3 rings (SSSR count). The number of rotatable bonds is 5. The summed E-state index contributed by atoms with van der Waals surface area (Å²) >= 11 is 0. The fourth-order valence-corrected chi connectivity index (χ4v) is 6.26. The third-order valence-corrected chi connectivity index (χ3v) is 7.64. The number of hydrogen-bond donors (Lipinski definition) is 0. The molecular formula is C24H33NO2S. The van der Waals surface area contributed by atoms with Gasteiger partial charge in [-0.3, -0.25) is 4.31 Å². The molecule has 0 amide bonds. The summed E-state index contributed by atoms with van der Waals surface area (Å²) in [6, 6.07) is 12.1. The normalized spacial score (nSPS) is 14.8. The van der Waals surface area contributed by atoms with Crippen molar-refractivity contribution in [3.63, 3.8) is 0 Å². The SMILES string of the molecule is CC(C)c1cc(C(C)C)c(S(=O)(=O)N2CCCc3ccccc32)c(C(C)C)c1. The summed E-state index contributed by atoms with van der Waals surface area (Å²) < 4.78 is 29.7. The van der Waals surface area contributed by atoms with Crippen molar-refractivity contribution >= 4 is 15.7 Å². The van der Waals surface area contributed by atoms with Crippen LogP contribution in [0.2, 0.25) is 0 Å². The first kappa shape index (κ1) is 20.9. The largest absolute Gasteiger partial charge is 0.266 e. The summed E-state index contributed by atoms with van der Waals surface area (Å²) in [5, 5.41) is 0. The first-order valence-corrected chi connectivity index (χ1v) is 11.9. The highest BCUT2D eigenvalue weighted by Gasteiger charge is 2.34. The van der Waals surface area contributed by atoms with Crippen molar-refractivity contribution in [1.82, 2.24) is 0 Å². The summed E-state index contributed by atoms with van der Waals surface area (Å²) in [6.07, 6.45) is 1.79. The van der Waals surface area contributed by atoms with Crippen molar-refractivity contribution in [2.24, 2.45) is 0 Å². The van der Waals surface area contributed by atoms with E-state index in [-0.39, 0.29) is 11.8 Å². The lowest BCUT2D eigenvalue weighted by Gasteiger charge is -2.33. The summed E-state index contributed by atoms with van der Waals surface area (Å²) in [6.45, 7) is 13.2. The fourth-order valence-electron chi connectivity index (χ4n) is 4.05. The van der Waals surface area contributed by atoms with Gasteiger partial charge >= 0.3 is 0 Å². The van der Waals surface area contributed by atoms with Crippen LogP contribution >= 0.6 is 0 Å². The van der Waals surface area contributed by atoms with Gasteiger partial charge in [-0.2, -0.15) is 0 Å². The molecule has 4 heteroatoms. The summed E-state index contributed by atoms with van der Waals surface area (Å²) in [5.74, 6) is 0.643. The van der Waals surface area contributed by atoms with Gasteiger partial charge in [-0.15, -0.1) is 0 Å². The maximum absolute atomic E-state index is 14.0. The van der Waals surface area contributed by atoms with E-state index in [1.165, 1.54) is 5.56 Å². The Bertz CT molecular complexity index is 929. The molecular weight excluding hydrogens is 366 g/mol. The van der Waals surface area contributed by atoms with E-state index in [2.05, 4.69) is 53.7 Å². The van der Waals surface area contributed by atoms with E-state index < -0.39 is 10.0 Å². The number of nitrogens with zero attached hydrogens (tertiary/aromatic N) is 1. The highest BCUT2D eigenvalue weighted by Crippen LogP contribution is 2.39. The van der Waals surface area contributed by atoms with Gasteiger partial charge in [0.1, 0.15) is 0 Å². The lowest BCUT2D eigenvalue weighted by atomic mass is 9.89. The molecule has 0 bridgehead atoms.